The number of Topliss-reactive ketones (excluding diaryl/α,β-unsaturated/α-hetero) is 1. The minimum Gasteiger partial charge on any atom is -0.382 e. The monoisotopic (exact) mass is 315 g/mol. The molecule has 0 heterocycles. The maximum absolute atomic E-state index is 12.9. The Morgan fingerprint density at radius 1 is 1.15 bits per heavy atom. The molecule has 1 aliphatic carbocycles. The smallest absolute Gasteiger partial charge is 0.310 e. The van der Waals surface area contributed by atoms with E-state index < -0.39 is 20.9 Å². The van der Waals surface area contributed by atoms with Crippen LogP contribution < -0.4 is 5.32 Å². The summed E-state index contributed by atoms with van der Waals surface area (Å²) in [5, 5.41) is 2.75. The maximum atomic E-state index is 12.9. The van der Waals surface area contributed by atoms with E-state index in [0.29, 0.717) is 6.07 Å². The molecule has 1 N–H and O–H groups in total. The first-order valence-corrected chi connectivity index (χ1v) is 7.97. The molecule has 0 atom stereocenters. The van der Waals surface area contributed by atoms with Gasteiger partial charge in [0, 0.05) is 17.3 Å². The summed E-state index contributed by atoms with van der Waals surface area (Å²) in [5.74, 6) is -0.689. The van der Waals surface area contributed by atoms with Gasteiger partial charge in [-0.05, 0) is 44.4 Å². The average molecular weight is 315 g/mol. The van der Waals surface area contributed by atoms with Crippen molar-refractivity contribution in [2.24, 2.45) is 0 Å². The zero-order valence-electron chi connectivity index (χ0n) is 10.6. The molecule has 114 valence electrons. The number of carbonyl (C=O) groups excluding carboxylic acids is 1. The van der Waals surface area contributed by atoms with Gasteiger partial charge in [-0.1, -0.05) is 19.4 Å². The van der Waals surface area contributed by atoms with Crippen LogP contribution in [0.2, 0.25) is 0 Å². The lowest BCUT2D eigenvalue weighted by Gasteiger charge is -2.41. The topological polar surface area (TPSA) is 29.1 Å². The third-order valence-electron chi connectivity index (χ3n) is 3.23. The van der Waals surface area contributed by atoms with Crippen LogP contribution in [0.5, 0.6) is 0 Å². The van der Waals surface area contributed by atoms with Crippen LogP contribution in [-0.2, 0) is 0 Å². The van der Waals surface area contributed by atoms with Crippen molar-refractivity contribution < 1.29 is 24.2 Å². The van der Waals surface area contributed by atoms with Gasteiger partial charge in [-0.15, -0.1) is 0 Å². The molecular formula is C12H14F5NOS. The van der Waals surface area contributed by atoms with Crippen LogP contribution in [0.3, 0.4) is 0 Å². The molecule has 2 nitrogen and oxygen atoms in total. The molecule has 0 spiro atoms. The van der Waals surface area contributed by atoms with E-state index in [1.165, 1.54) is 6.07 Å². The second-order valence-corrected chi connectivity index (χ2v) is 7.45. The maximum Gasteiger partial charge on any atom is 0.310 e. The summed E-state index contributed by atoms with van der Waals surface area (Å²) in [6.07, 6.45) is 2.49. The van der Waals surface area contributed by atoms with Crippen LogP contribution >= 0.6 is 10.2 Å². The molecule has 0 unspecified atom stereocenters. The zero-order chi connectivity index (χ0) is 15.2. The summed E-state index contributed by atoms with van der Waals surface area (Å²) in [6, 6.07) is 1.75. The first-order valence-electron chi connectivity index (χ1n) is 6.02. The largest absolute Gasteiger partial charge is 0.382 e. The van der Waals surface area contributed by atoms with Gasteiger partial charge < -0.3 is 5.32 Å². The molecule has 20 heavy (non-hydrogen) atoms. The van der Waals surface area contributed by atoms with Gasteiger partial charge in [0.05, 0.1) is 0 Å². The summed E-state index contributed by atoms with van der Waals surface area (Å²) in [4.78, 5) is 9.20. The van der Waals surface area contributed by atoms with Crippen LogP contribution in [0.4, 0.5) is 25.1 Å². The van der Waals surface area contributed by atoms with Crippen molar-refractivity contribution >= 4 is 21.7 Å². The van der Waals surface area contributed by atoms with E-state index in [2.05, 4.69) is 5.32 Å². The van der Waals surface area contributed by atoms with E-state index in [1.54, 1.807) is 0 Å². The molecular weight excluding hydrogens is 301 g/mol. The molecule has 2 rings (SSSR count). The van der Waals surface area contributed by atoms with E-state index in [9.17, 15) is 24.2 Å². The molecule has 0 aromatic heterocycles. The van der Waals surface area contributed by atoms with Gasteiger partial charge in [0.1, 0.15) is 4.90 Å². The Balaban J connectivity index is 2.49. The first kappa shape index (κ1) is 15.1. The van der Waals surface area contributed by atoms with E-state index in [0.717, 1.165) is 26.2 Å². The molecule has 1 aliphatic rings. The Morgan fingerprint density at radius 2 is 1.75 bits per heavy atom. The molecule has 0 radical (unpaired) electrons. The highest BCUT2D eigenvalue weighted by molar-refractivity contribution is 8.45. The molecule has 1 aromatic rings. The molecule has 1 fully saturated rings. The summed E-state index contributed by atoms with van der Waals surface area (Å²) in [6.45, 7) is 1.04. The molecule has 1 aromatic carbocycles. The van der Waals surface area contributed by atoms with Gasteiger partial charge in [0.15, 0.2) is 5.78 Å². The first-order chi connectivity index (χ1) is 8.85. The molecule has 0 aliphatic heterocycles. The SMILES string of the molecule is CC(=O)c1cc(NC2CCC2)cc(S(F)(F)(F)(F)F)c1. The number of hydrogen-bond acceptors (Lipinski definition) is 2. The van der Waals surface area contributed by atoms with Crippen LogP contribution in [0.1, 0.15) is 36.5 Å². The minimum absolute atomic E-state index is 0.0245. The predicted molar refractivity (Wildman–Crippen MR) is 69.1 cm³/mol. The van der Waals surface area contributed by atoms with Crippen LogP contribution in [-0.4, -0.2) is 11.8 Å². The van der Waals surface area contributed by atoms with Gasteiger partial charge >= 0.3 is 10.2 Å². The highest BCUT2D eigenvalue weighted by atomic mass is 32.5. The van der Waals surface area contributed by atoms with Crippen molar-refractivity contribution in [1.29, 1.82) is 0 Å². The Hall–Kier alpha value is -1.31. The lowest BCUT2D eigenvalue weighted by molar-refractivity contribution is 0.101. The van der Waals surface area contributed by atoms with E-state index in [4.69, 9.17) is 0 Å². The Morgan fingerprint density at radius 3 is 2.15 bits per heavy atom. The number of halogens is 5. The van der Waals surface area contributed by atoms with Crippen molar-refractivity contribution in [3.8, 4) is 0 Å². The number of benzene rings is 1. The van der Waals surface area contributed by atoms with Crippen molar-refractivity contribution in [2.75, 3.05) is 5.32 Å². The molecule has 8 heteroatoms. The van der Waals surface area contributed by atoms with Crippen molar-refractivity contribution in [2.45, 2.75) is 37.1 Å². The Kier molecular flexibility index (Phi) is 2.92. The van der Waals surface area contributed by atoms with E-state index >= 15 is 0 Å². The second-order valence-electron chi connectivity index (χ2n) is 5.04. The van der Waals surface area contributed by atoms with E-state index in [-0.39, 0.29) is 23.4 Å². The number of ketones is 1. The number of hydrogen-bond donors (Lipinski definition) is 1. The molecule has 1 saturated carbocycles. The lowest BCUT2D eigenvalue weighted by atomic mass is 9.93. The highest BCUT2D eigenvalue weighted by Crippen LogP contribution is 3.02. The fourth-order valence-corrected chi connectivity index (χ4v) is 2.60. The third-order valence-corrected chi connectivity index (χ3v) is 4.36. The number of anilines is 1. The number of rotatable bonds is 4. The second kappa shape index (κ2) is 3.87. The number of carbonyl (C=O) groups is 1. The molecule has 0 saturated heterocycles. The van der Waals surface area contributed by atoms with Crippen LogP contribution in [0, 0.1) is 0 Å². The Bertz CT molecular complexity index is 565. The quantitative estimate of drug-likeness (QED) is 0.586. The van der Waals surface area contributed by atoms with Gasteiger partial charge in [0.25, 0.3) is 0 Å². The predicted octanol–water partition coefficient (Wildman–Crippen LogP) is 5.51. The van der Waals surface area contributed by atoms with Crippen molar-refractivity contribution in [1.82, 2.24) is 0 Å². The minimum atomic E-state index is -9.79. The fourth-order valence-electron chi connectivity index (χ4n) is 1.90. The van der Waals surface area contributed by atoms with Crippen LogP contribution in [0.15, 0.2) is 23.1 Å². The summed E-state index contributed by atoms with van der Waals surface area (Å²) in [5.41, 5.74) is -0.469. The third kappa shape index (κ3) is 3.41. The number of nitrogens with one attached hydrogen (secondary N) is 1. The zero-order valence-corrected chi connectivity index (χ0v) is 11.5. The molecule has 0 amide bonds. The Labute approximate surface area is 113 Å². The van der Waals surface area contributed by atoms with Gasteiger partial charge in [-0.3, -0.25) is 4.79 Å². The van der Waals surface area contributed by atoms with E-state index in [1.807, 2.05) is 0 Å². The van der Waals surface area contributed by atoms with Gasteiger partial charge in [-0.2, -0.15) is 0 Å². The van der Waals surface area contributed by atoms with Crippen molar-refractivity contribution in [3.63, 3.8) is 0 Å². The summed E-state index contributed by atoms with van der Waals surface area (Å²) < 4.78 is 64.3. The average Bonchev–Trinajstić information content (AvgIpc) is 2.20. The van der Waals surface area contributed by atoms with Crippen molar-refractivity contribution in [3.05, 3.63) is 23.8 Å². The molecule has 0 bridgehead atoms. The highest BCUT2D eigenvalue weighted by Gasteiger charge is 2.65. The van der Waals surface area contributed by atoms with Gasteiger partial charge in [-0.25, -0.2) is 0 Å². The summed E-state index contributed by atoms with van der Waals surface area (Å²) >= 11 is 0. The summed E-state index contributed by atoms with van der Waals surface area (Å²) in [7, 11) is -9.79. The standard InChI is InChI=1S/C12H14F5NOS/c1-8(19)9-5-11(18-10-3-2-4-10)7-12(6-9)20(13,14,15,16)17/h5-7,10,18H,2-4H2,1H3. The van der Waals surface area contributed by atoms with Gasteiger partial charge in [0.2, 0.25) is 0 Å². The fraction of sp³-hybridized carbons (Fsp3) is 0.417. The lowest BCUT2D eigenvalue weighted by Crippen LogP contribution is -2.27. The normalized spacial score (nSPS) is 19.7. The van der Waals surface area contributed by atoms with Crippen LogP contribution in [0.25, 0.3) is 0 Å².